The molecule has 0 spiro atoms. The summed E-state index contributed by atoms with van der Waals surface area (Å²) < 4.78 is 27.5. The van der Waals surface area contributed by atoms with E-state index in [1.807, 2.05) is 19.1 Å². The molecule has 0 saturated carbocycles. The summed E-state index contributed by atoms with van der Waals surface area (Å²) in [4.78, 5) is 31.7. The Bertz CT molecular complexity index is 1490. The summed E-state index contributed by atoms with van der Waals surface area (Å²) in [5.41, 5.74) is 2.62. The van der Waals surface area contributed by atoms with Crippen molar-refractivity contribution in [2.45, 2.75) is 38.7 Å². The van der Waals surface area contributed by atoms with Gasteiger partial charge in [0.2, 0.25) is 5.88 Å². The van der Waals surface area contributed by atoms with Gasteiger partial charge in [-0.3, -0.25) is 9.36 Å². The Morgan fingerprint density at radius 2 is 1.94 bits per heavy atom. The number of fused-ring (bicyclic) bond motifs is 1. The molecule has 0 amide bonds. The summed E-state index contributed by atoms with van der Waals surface area (Å²) >= 11 is 5.96. The summed E-state index contributed by atoms with van der Waals surface area (Å²) in [5.74, 6) is -0.375. The molecule has 2 atom stereocenters. The number of pyridine rings is 1. The second kappa shape index (κ2) is 9.31. The number of methoxy groups -OCH3 is 1. The summed E-state index contributed by atoms with van der Waals surface area (Å²) in [5, 5.41) is 0.232. The Balaban J connectivity index is 1.66. The molecule has 4 aromatic rings. The third kappa shape index (κ3) is 4.37. The van der Waals surface area contributed by atoms with Gasteiger partial charge in [-0.25, -0.2) is 24.3 Å². The van der Waals surface area contributed by atoms with Crippen LogP contribution in [0.15, 0.2) is 41.3 Å². The molecule has 0 unspecified atom stereocenters. The summed E-state index contributed by atoms with van der Waals surface area (Å²) in [6, 6.07) is 7.86. The van der Waals surface area contributed by atoms with E-state index in [2.05, 4.69) is 19.9 Å². The van der Waals surface area contributed by atoms with E-state index in [1.165, 1.54) is 22.8 Å². The normalized spacial score (nSPS) is 18.1. The van der Waals surface area contributed by atoms with Crippen LogP contribution in [0.4, 0.5) is 4.39 Å². The van der Waals surface area contributed by atoms with Gasteiger partial charge in [0.05, 0.1) is 30.3 Å². The van der Waals surface area contributed by atoms with Crippen LogP contribution in [0.2, 0.25) is 5.02 Å². The van der Waals surface area contributed by atoms with Crippen molar-refractivity contribution in [1.29, 1.82) is 0 Å². The number of hydrogen-bond acceptors (Lipinski definition) is 7. The highest BCUT2D eigenvalue weighted by atomic mass is 35.5. The number of ether oxygens (including phenoxy) is 2. The highest BCUT2D eigenvalue weighted by molar-refractivity contribution is 6.30. The first-order valence-electron chi connectivity index (χ1n) is 11.2. The summed E-state index contributed by atoms with van der Waals surface area (Å²) in [7, 11) is 1.55. The third-order valence-electron chi connectivity index (χ3n) is 6.29. The summed E-state index contributed by atoms with van der Waals surface area (Å²) in [6.45, 7) is 4.05. The zero-order valence-corrected chi connectivity index (χ0v) is 20.2. The molecule has 0 radical (unpaired) electrons. The zero-order chi connectivity index (χ0) is 24.7. The number of hydrogen-bond donors (Lipinski definition) is 0. The van der Waals surface area contributed by atoms with Gasteiger partial charge in [-0.15, -0.1) is 0 Å². The molecule has 0 bridgehead atoms. The van der Waals surface area contributed by atoms with Gasteiger partial charge in [0.15, 0.2) is 11.3 Å². The highest BCUT2D eigenvalue weighted by Crippen LogP contribution is 2.37. The second-order valence-corrected chi connectivity index (χ2v) is 8.92. The van der Waals surface area contributed by atoms with Crippen molar-refractivity contribution in [1.82, 2.24) is 24.5 Å². The zero-order valence-electron chi connectivity index (χ0n) is 19.5. The summed E-state index contributed by atoms with van der Waals surface area (Å²) in [6.07, 6.45) is 2.50. The van der Waals surface area contributed by atoms with Crippen LogP contribution in [0.5, 0.6) is 5.88 Å². The van der Waals surface area contributed by atoms with Crippen LogP contribution < -0.4 is 10.3 Å². The monoisotopic (exact) mass is 495 g/mol. The van der Waals surface area contributed by atoms with E-state index in [0.29, 0.717) is 42.4 Å². The molecule has 1 aliphatic rings. The van der Waals surface area contributed by atoms with Crippen LogP contribution in [0, 0.1) is 19.7 Å². The molecule has 4 heterocycles. The Morgan fingerprint density at radius 3 is 2.71 bits per heavy atom. The minimum Gasteiger partial charge on any atom is -0.481 e. The van der Waals surface area contributed by atoms with E-state index >= 15 is 4.39 Å². The average Bonchev–Trinajstić information content (AvgIpc) is 2.86. The fourth-order valence-corrected chi connectivity index (χ4v) is 4.50. The molecule has 8 nitrogen and oxygen atoms in total. The SMILES string of the molecule is COc1cc([C@H]2C[C@@H](c3nc4nc(C)c(C)nc4n(-c4ccc(Cl)cc4F)c3=O)CCO2)ccn1. The number of benzene rings is 1. The Morgan fingerprint density at radius 1 is 1.14 bits per heavy atom. The van der Waals surface area contributed by atoms with Crippen LogP contribution in [0.1, 0.15) is 47.5 Å². The number of rotatable bonds is 4. The molecule has 5 rings (SSSR count). The van der Waals surface area contributed by atoms with E-state index in [-0.39, 0.29) is 34.0 Å². The van der Waals surface area contributed by atoms with E-state index < -0.39 is 11.4 Å². The third-order valence-corrected chi connectivity index (χ3v) is 6.53. The Kier molecular flexibility index (Phi) is 6.21. The van der Waals surface area contributed by atoms with Gasteiger partial charge in [-0.05, 0) is 56.5 Å². The second-order valence-electron chi connectivity index (χ2n) is 8.49. The molecule has 1 aromatic carbocycles. The van der Waals surface area contributed by atoms with Crippen LogP contribution in [-0.4, -0.2) is 38.2 Å². The molecule has 180 valence electrons. The van der Waals surface area contributed by atoms with Crippen molar-refractivity contribution >= 4 is 22.9 Å². The van der Waals surface area contributed by atoms with Gasteiger partial charge < -0.3 is 9.47 Å². The van der Waals surface area contributed by atoms with Crippen LogP contribution >= 0.6 is 11.6 Å². The van der Waals surface area contributed by atoms with Crippen LogP contribution in [0.3, 0.4) is 0 Å². The van der Waals surface area contributed by atoms with Gasteiger partial charge in [0.1, 0.15) is 11.5 Å². The lowest BCUT2D eigenvalue weighted by Crippen LogP contribution is -2.31. The van der Waals surface area contributed by atoms with Crippen molar-refractivity contribution in [2.24, 2.45) is 0 Å². The number of aromatic nitrogens is 5. The molecule has 35 heavy (non-hydrogen) atoms. The lowest BCUT2D eigenvalue weighted by atomic mass is 9.89. The largest absolute Gasteiger partial charge is 0.481 e. The topological polar surface area (TPSA) is 92.0 Å². The minimum absolute atomic E-state index is 0.0492. The maximum Gasteiger partial charge on any atom is 0.278 e. The predicted molar refractivity (Wildman–Crippen MR) is 129 cm³/mol. The Labute approximate surface area is 205 Å². The molecule has 0 aliphatic carbocycles. The number of aryl methyl sites for hydroxylation is 2. The van der Waals surface area contributed by atoms with Crippen LogP contribution in [0.25, 0.3) is 17.0 Å². The molecule has 1 aliphatic heterocycles. The van der Waals surface area contributed by atoms with E-state index in [4.69, 9.17) is 21.1 Å². The fraction of sp³-hybridized carbons (Fsp3) is 0.320. The molecule has 10 heteroatoms. The lowest BCUT2D eigenvalue weighted by Gasteiger charge is -2.29. The van der Waals surface area contributed by atoms with Crippen molar-refractivity contribution in [3.05, 3.63) is 80.4 Å². The van der Waals surface area contributed by atoms with Gasteiger partial charge in [0, 0.05) is 29.8 Å². The molecule has 3 aromatic heterocycles. The Hall–Kier alpha value is -3.43. The quantitative estimate of drug-likeness (QED) is 0.407. The van der Waals surface area contributed by atoms with E-state index in [1.54, 1.807) is 20.2 Å². The maximum atomic E-state index is 15.0. The molecular weight excluding hydrogens is 473 g/mol. The van der Waals surface area contributed by atoms with Gasteiger partial charge in [-0.1, -0.05) is 11.6 Å². The van der Waals surface area contributed by atoms with Crippen molar-refractivity contribution in [3.63, 3.8) is 0 Å². The van der Waals surface area contributed by atoms with Gasteiger partial charge in [0.25, 0.3) is 5.56 Å². The molecule has 1 fully saturated rings. The van der Waals surface area contributed by atoms with Crippen molar-refractivity contribution < 1.29 is 13.9 Å². The first-order chi connectivity index (χ1) is 16.9. The standard InChI is InChI=1S/C25H23ClFN5O3/c1-13-14(2)30-24-23(29-13)31-22(25(33)32(24)19-5-4-17(26)12-18(19)27)16-7-9-35-20(10-16)15-6-8-28-21(11-15)34-3/h4-6,8,11-12,16,20H,7,9-10H2,1-3H3/t16-,20+/m0/s1. The smallest absolute Gasteiger partial charge is 0.278 e. The van der Waals surface area contributed by atoms with Crippen molar-refractivity contribution in [2.75, 3.05) is 13.7 Å². The predicted octanol–water partition coefficient (Wildman–Crippen LogP) is 4.62. The number of halogens is 2. The van der Waals surface area contributed by atoms with Gasteiger partial charge in [-0.2, -0.15) is 0 Å². The van der Waals surface area contributed by atoms with E-state index in [9.17, 15) is 4.79 Å². The first kappa shape index (κ1) is 23.3. The average molecular weight is 496 g/mol. The highest BCUT2D eigenvalue weighted by Gasteiger charge is 2.30. The van der Waals surface area contributed by atoms with Gasteiger partial charge >= 0.3 is 0 Å². The van der Waals surface area contributed by atoms with E-state index in [0.717, 1.165) is 5.56 Å². The first-order valence-corrected chi connectivity index (χ1v) is 11.6. The fourth-order valence-electron chi connectivity index (χ4n) is 4.34. The molecular formula is C25H23ClFN5O3. The molecule has 0 N–H and O–H groups in total. The minimum atomic E-state index is -0.633. The molecule has 1 saturated heterocycles. The maximum absolute atomic E-state index is 15.0. The van der Waals surface area contributed by atoms with Crippen molar-refractivity contribution in [3.8, 4) is 11.6 Å². The number of nitrogens with zero attached hydrogens (tertiary/aromatic N) is 5. The lowest BCUT2D eigenvalue weighted by molar-refractivity contribution is 0.00426. The van der Waals surface area contributed by atoms with Crippen LogP contribution in [-0.2, 0) is 4.74 Å².